The minimum atomic E-state index is -4.52. The highest BCUT2D eigenvalue weighted by Crippen LogP contribution is 2.37. The van der Waals surface area contributed by atoms with Crippen molar-refractivity contribution in [2.45, 2.75) is 32.5 Å². The van der Waals surface area contributed by atoms with Crippen LogP contribution >= 0.6 is 11.6 Å². The highest BCUT2D eigenvalue weighted by molar-refractivity contribution is 6.33. The molecule has 4 heterocycles. The number of fused-ring (bicyclic) bond motifs is 2. The van der Waals surface area contributed by atoms with Crippen LogP contribution in [0.1, 0.15) is 30.2 Å². The Balaban J connectivity index is 1.65. The van der Waals surface area contributed by atoms with E-state index >= 15 is 0 Å². The lowest BCUT2D eigenvalue weighted by atomic mass is 10.0. The predicted molar refractivity (Wildman–Crippen MR) is 125 cm³/mol. The van der Waals surface area contributed by atoms with Crippen molar-refractivity contribution < 1.29 is 18.0 Å². The maximum atomic E-state index is 13.6. The summed E-state index contributed by atoms with van der Waals surface area (Å²) in [5.41, 5.74) is 3.49. The Bertz CT molecular complexity index is 1250. The molecule has 180 valence electrons. The van der Waals surface area contributed by atoms with Gasteiger partial charge in [0.25, 0.3) is 0 Å². The van der Waals surface area contributed by atoms with Crippen molar-refractivity contribution in [3.05, 3.63) is 52.3 Å². The summed E-state index contributed by atoms with van der Waals surface area (Å²) in [5, 5.41) is 3.32. The van der Waals surface area contributed by atoms with Gasteiger partial charge in [0.1, 0.15) is 0 Å². The number of pyridine rings is 1. The number of carbonyl (C=O) groups is 1. The number of nitrogens with one attached hydrogen (secondary N) is 1. The molecule has 0 radical (unpaired) electrons. The van der Waals surface area contributed by atoms with Gasteiger partial charge >= 0.3 is 6.18 Å². The molecule has 3 aromatic rings. The molecule has 0 spiro atoms. The van der Waals surface area contributed by atoms with Crippen LogP contribution in [0.4, 0.5) is 18.9 Å². The molecule has 1 amide bonds. The van der Waals surface area contributed by atoms with E-state index in [2.05, 4.69) is 10.2 Å². The van der Waals surface area contributed by atoms with Gasteiger partial charge < -0.3 is 14.6 Å². The third-order valence-electron chi connectivity index (χ3n) is 6.54. The van der Waals surface area contributed by atoms with Crippen molar-refractivity contribution in [3.63, 3.8) is 0 Å². The summed E-state index contributed by atoms with van der Waals surface area (Å²) in [4.78, 5) is 20.6. The van der Waals surface area contributed by atoms with Gasteiger partial charge in [0.2, 0.25) is 5.91 Å². The second kappa shape index (κ2) is 8.87. The molecule has 0 atom stereocenters. The van der Waals surface area contributed by atoms with Gasteiger partial charge in [-0.2, -0.15) is 13.2 Å². The van der Waals surface area contributed by atoms with E-state index in [1.165, 1.54) is 4.40 Å². The topological polar surface area (TPSA) is 52.9 Å². The molecule has 10 heteroatoms. The molecule has 0 bridgehead atoms. The summed E-state index contributed by atoms with van der Waals surface area (Å²) in [5.74, 6) is -0.0128. The standard InChI is InChI=1S/C24H25ClF3N5O/c1-15(34)32-9-5-16-11-17(3-4-20(16)32)22-21(14-31-8-2-6-29-7-10-31)33-13-18(24(26,27)28)12-19(25)23(33)30-22/h3-4,11-13,29H,2,5-10,14H2,1H3. The first kappa shape index (κ1) is 23.1. The van der Waals surface area contributed by atoms with Crippen LogP contribution in [0.3, 0.4) is 0 Å². The van der Waals surface area contributed by atoms with E-state index in [0.29, 0.717) is 30.1 Å². The molecule has 2 aliphatic heterocycles. The lowest BCUT2D eigenvalue weighted by Gasteiger charge is -2.20. The van der Waals surface area contributed by atoms with Gasteiger partial charge in [-0.3, -0.25) is 9.69 Å². The van der Waals surface area contributed by atoms with Crippen LogP contribution < -0.4 is 10.2 Å². The van der Waals surface area contributed by atoms with Crippen LogP contribution in [0, 0.1) is 0 Å². The molecule has 1 fully saturated rings. The number of hydrogen-bond acceptors (Lipinski definition) is 4. The minimum absolute atomic E-state index is 0.0128. The molecule has 2 aromatic heterocycles. The minimum Gasteiger partial charge on any atom is -0.315 e. The summed E-state index contributed by atoms with van der Waals surface area (Å²) in [7, 11) is 0. The molecule has 0 saturated carbocycles. The van der Waals surface area contributed by atoms with Crippen molar-refractivity contribution >= 4 is 28.8 Å². The van der Waals surface area contributed by atoms with E-state index in [0.717, 1.165) is 68.1 Å². The molecule has 1 saturated heterocycles. The van der Waals surface area contributed by atoms with Crippen LogP contribution in [0.2, 0.25) is 5.02 Å². The van der Waals surface area contributed by atoms with E-state index in [4.69, 9.17) is 16.6 Å². The average Bonchev–Trinajstić information content (AvgIpc) is 3.26. The first-order valence-corrected chi connectivity index (χ1v) is 11.7. The van der Waals surface area contributed by atoms with Gasteiger partial charge in [-0.1, -0.05) is 17.7 Å². The smallest absolute Gasteiger partial charge is 0.315 e. The van der Waals surface area contributed by atoms with Gasteiger partial charge in [-0.15, -0.1) is 0 Å². The number of amides is 1. The number of rotatable bonds is 3. The molecule has 1 aromatic carbocycles. The zero-order valence-electron chi connectivity index (χ0n) is 18.8. The third-order valence-corrected chi connectivity index (χ3v) is 6.81. The van der Waals surface area contributed by atoms with Gasteiger partial charge in [0.05, 0.1) is 22.0 Å². The average molecular weight is 492 g/mol. The third kappa shape index (κ3) is 4.28. The lowest BCUT2D eigenvalue weighted by Crippen LogP contribution is -2.28. The number of alkyl halides is 3. The van der Waals surface area contributed by atoms with Crippen LogP contribution in [-0.2, 0) is 23.9 Å². The van der Waals surface area contributed by atoms with Gasteiger partial charge in [0, 0.05) is 50.6 Å². The fraction of sp³-hybridized carbons (Fsp3) is 0.417. The van der Waals surface area contributed by atoms with E-state index in [1.807, 2.05) is 18.2 Å². The maximum Gasteiger partial charge on any atom is 0.417 e. The number of benzene rings is 1. The number of hydrogen-bond donors (Lipinski definition) is 1. The van der Waals surface area contributed by atoms with E-state index < -0.39 is 11.7 Å². The Kier molecular flexibility index (Phi) is 6.03. The van der Waals surface area contributed by atoms with Crippen molar-refractivity contribution in [2.75, 3.05) is 37.6 Å². The van der Waals surface area contributed by atoms with Gasteiger partial charge in [-0.25, -0.2) is 4.98 Å². The Morgan fingerprint density at radius 3 is 2.76 bits per heavy atom. The molecule has 0 aliphatic carbocycles. The van der Waals surface area contributed by atoms with E-state index in [9.17, 15) is 18.0 Å². The second-order valence-corrected chi connectivity index (χ2v) is 9.23. The quantitative estimate of drug-likeness (QED) is 0.591. The Morgan fingerprint density at radius 1 is 1.18 bits per heavy atom. The molecule has 0 unspecified atom stereocenters. The summed E-state index contributed by atoms with van der Waals surface area (Å²) in [6.45, 7) is 5.97. The molecule has 2 aliphatic rings. The fourth-order valence-corrected chi connectivity index (χ4v) is 5.09. The van der Waals surface area contributed by atoms with Crippen molar-refractivity contribution in [3.8, 4) is 11.3 Å². The number of anilines is 1. The summed E-state index contributed by atoms with van der Waals surface area (Å²) < 4.78 is 42.2. The summed E-state index contributed by atoms with van der Waals surface area (Å²) in [6, 6.07) is 6.70. The molecule has 5 rings (SSSR count). The first-order valence-electron chi connectivity index (χ1n) is 11.3. The Labute approximate surface area is 200 Å². The largest absolute Gasteiger partial charge is 0.417 e. The van der Waals surface area contributed by atoms with Gasteiger partial charge in [0.15, 0.2) is 5.65 Å². The van der Waals surface area contributed by atoms with Crippen LogP contribution in [0.5, 0.6) is 0 Å². The predicted octanol–water partition coefficient (Wildman–Crippen LogP) is 4.38. The number of nitrogens with zero attached hydrogens (tertiary/aromatic N) is 4. The molecule has 6 nitrogen and oxygen atoms in total. The molecular weight excluding hydrogens is 467 g/mol. The number of carbonyl (C=O) groups excluding carboxylic acids is 1. The zero-order valence-corrected chi connectivity index (χ0v) is 19.5. The maximum absolute atomic E-state index is 13.6. The monoisotopic (exact) mass is 491 g/mol. The van der Waals surface area contributed by atoms with Crippen molar-refractivity contribution in [2.24, 2.45) is 0 Å². The zero-order chi connectivity index (χ0) is 24.0. The van der Waals surface area contributed by atoms with Gasteiger partial charge in [-0.05, 0) is 49.7 Å². The Morgan fingerprint density at radius 2 is 2.00 bits per heavy atom. The highest BCUT2D eigenvalue weighted by Gasteiger charge is 2.33. The number of aromatic nitrogens is 2. The van der Waals surface area contributed by atoms with Crippen LogP contribution in [0.25, 0.3) is 16.9 Å². The molecule has 1 N–H and O–H groups in total. The van der Waals surface area contributed by atoms with E-state index in [-0.39, 0.29) is 10.9 Å². The second-order valence-electron chi connectivity index (χ2n) is 8.82. The van der Waals surface area contributed by atoms with Crippen molar-refractivity contribution in [1.29, 1.82) is 0 Å². The number of halogens is 4. The van der Waals surface area contributed by atoms with Crippen LogP contribution in [-0.4, -0.2) is 52.9 Å². The summed E-state index contributed by atoms with van der Waals surface area (Å²) in [6.07, 6.45) is -1.74. The fourth-order valence-electron chi connectivity index (χ4n) is 4.84. The summed E-state index contributed by atoms with van der Waals surface area (Å²) >= 11 is 6.31. The lowest BCUT2D eigenvalue weighted by molar-refractivity contribution is -0.137. The first-order chi connectivity index (χ1) is 16.2. The highest BCUT2D eigenvalue weighted by atomic mass is 35.5. The molecular formula is C24H25ClF3N5O. The molecule has 34 heavy (non-hydrogen) atoms. The SMILES string of the molecule is CC(=O)N1CCc2cc(-c3nc4c(Cl)cc(C(F)(F)F)cn4c3CN3CCCNCC3)ccc21. The van der Waals surface area contributed by atoms with E-state index in [1.54, 1.807) is 11.8 Å². The van der Waals surface area contributed by atoms with Crippen LogP contribution in [0.15, 0.2) is 30.5 Å². The normalized spacial score (nSPS) is 17.3. The van der Waals surface area contributed by atoms with Crippen molar-refractivity contribution in [1.82, 2.24) is 19.6 Å². The Hall–Kier alpha value is -2.62. The number of imidazole rings is 1.